The van der Waals surface area contributed by atoms with E-state index in [1.165, 1.54) is 32.1 Å². The van der Waals surface area contributed by atoms with Gasteiger partial charge >= 0.3 is 0 Å². The number of nitrogens with zero attached hydrogens (tertiary/aromatic N) is 1. The van der Waals surface area contributed by atoms with E-state index in [9.17, 15) is 0 Å². The molecule has 0 aromatic heterocycles. The Labute approximate surface area is 95.2 Å². The maximum Gasteiger partial charge on any atom is 0.0106 e. The maximum atomic E-state index is 2.83. The molecule has 1 saturated carbocycles. The standard InChI is InChI=1S/C14H27N/c1-5-13-8-12-6-11(4)7-14(9-12)15(13)10(2)3/h10-14H,5-9H2,1-4H3. The van der Waals surface area contributed by atoms with Gasteiger partial charge in [-0.05, 0) is 57.8 Å². The average Bonchev–Trinajstić information content (AvgIpc) is 2.14. The van der Waals surface area contributed by atoms with Crippen molar-refractivity contribution in [3.63, 3.8) is 0 Å². The molecule has 0 N–H and O–H groups in total. The third-order valence-corrected chi connectivity index (χ3v) is 4.53. The molecule has 0 radical (unpaired) electrons. The van der Waals surface area contributed by atoms with Gasteiger partial charge in [0.25, 0.3) is 0 Å². The molecule has 2 fully saturated rings. The largest absolute Gasteiger partial charge is 0.295 e. The second-order valence-electron chi connectivity index (χ2n) is 6.17. The minimum atomic E-state index is 0.742. The SMILES string of the molecule is CCC1CC2CC(C)CC(C2)N1C(C)C. The number of rotatable bonds is 2. The Morgan fingerprint density at radius 3 is 2.47 bits per heavy atom. The zero-order valence-corrected chi connectivity index (χ0v) is 10.9. The Bertz CT molecular complexity index is 209. The smallest absolute Gasteiger partial charge is 0.0106 e. The third-order valence-electron chi connectivity index (χ3n) is 4.53. The molecule has 0 aromatic rings. The van der Waals surface area contributed by atoms with E-state index in [4.69, 9.17) is 0 Å². The van der Waals surface area contributed by atoms with Crippen LogP contribution in [0.5, 0.6) is 0 Å². The average molecular weight is 209 g/mol. The van der Waals surface area contributed by atoms with Gasteiger partial charge in [-0.2, -0.15) is 0 Å². The molecule has 1 nitrogen and oxygen atoms in total. The summed E-state index contributed by atoms with van der Waals surface area (Å²) in [7, 11) is 0. The van der Waals surface area contributed by atoms with Crippen LogP contribution in [0, 0.1) is 11.8 Å². The van der Waals surface area contributed by atoms with Crippen molar-refractivity contribution in [2.45, 2.75) is 77.9 Å². The lowest BCUT2D eigenvalue weighted by molar-refractivity contribution is -0.0175. The number of fused-ring (bicyclic) bond motifs is 2. The topological polar surface area (TPSA) is 3.24 Å². The summed E-state index contributed by atoms with van der Waals surface area (Å²) in [6.45, 7) is 9.57. The van der Waals surface area contributed by atoms with Crippen LogP contribution in [0.3, 0.4) is 0 Å². The Morgan fingerprint density at radius 1 is 1.13 bits per heavy atom. The molecule has 0 spiro atoms. The first-order valence-corrected chi connectivity index (χ1v) is 6.89. The Balaban J connectivity index is 2.12. The van der Waals surface area contributed by atoms with Crippen molar-refractivity contribution in [2.75, 3.05) is 0 Å². The highest BCUT2D eigenvalue weighted by Crippen LogP contribution is 2.41. The van der Waals surface area contributed by atoms with Crippen molar-refractivity contribution in [2.24, 2.45) is 11.8 Å². The lowest BCUT2D eigenvalue weighted by Crippen LogP contribution is -2.54. The maximum absolute atomic E-state index is 2.83. The molecule has 0 amide bonds. The van der Waals surface area contributed by atoms with Crippen LogP contribution in [0.25, 0.3) is 0 Å². The highest BCUT2D eigenvalue weighted by atomic mass is 15.2. The van der Waals surface area contributed by atoms with Crippen LogP contribution in [0.2, 0.25) is 0 Å². The molecule has 4 atom stereocenters. The van der Waals surface area contributed by atoms with Gasteiger partial charge in [0.1, 0.15) is 0 Å². The molecule has 2 bridgehead atoms. The fraction of sp³-hybridized carbons (Fsp3) is 1.00. The van der Waals surface area contributed by atoms with Gasteiger partial charge in [0.2, 0.25) is 0 Å². The summed E-state index contributed by atoms with van der Waals surface area (Å²) in [5.74, 6) is 2.01. The second kappa shape index (κ2) is 4.45. The molecule has 1 heteroatoms. The molecule has 2 rings (SSSR count). The Kier molecular flexibility index (Phi) is 3.39. The van der Waals surface area contributed by atoms with Crippen molar-refractivity contribution in [1.82, 2.24) is 4.90 Å². The van der Waals surface area contributed by atoms with E-state index < -0.39 is 0 Å². The molecule has 1 heterocycles. The van der Waals surface area contributed by atoms with Crippen molar-refractivity contribution >= 4 is 0 Å². The zero-order chi connectivity index (χ0) is 11.0. The van der Waals surface area contributed by atoms with Gasteiger partial charge in [-0.15, -0.1) is 0 Å². The molecule has 1 saturated heterocycles. The lowest BCUT2D eigenvalue weighted by atomic mass is 9.71. The molecule has 1 aliphatic heterocycles. The van der Waals surface area contributed by atoms with Gasteiger partial charge in [-0.1, -0.05) is 13.8 Å². The summed E-state index contributed by atoms with van der Waals surface area (Å²) in [5, 5.41) is 0. The van der Waals surface area contributed by atoms with Gasteiger partial charge in [0.15, 0.2) is 0 Å². The van der Waals surface area contributed by atoms with Crippen LogP contribution in [-0.2, 0) is 0 Å². The van der Waals surface area contributed by atoms with E-state index in [0.717, 1.165) is 30.0 Å². The summed E-state index contributed by atoms with van der Waals surface area (Å²) in [5.41, 5.74) is 0. The fourth-order valence-electron chi connectivity index (χ4n) is 4.17. The number of hydrogen-bond acceptors (Lipinski definition) is 1. The first-order valence-electron chi connectivity index (χ1n) is 6.89. The molecule has 4 unspecified atom stereocenters. The van der Waals surface area contributed by atoms with Crippen molar-refractivity contribution in [1.29, 1.82) is 0 Å². The monoisotopic (exact) mass is 209 g/mol. The van der Waals surface area contributed by atoms with E-state index in [-0.39, 0.29) is 0 Å². The first-order chi connectivity index (χ1) is 7.11. The normalized spacial score (nSPS) is 42.2. The summed E-state index contributed by atoms with van der Waals surface area (Å²) in [6, 6.07) is 2.52. The van der Waals surface area contributed by atoms with Gasteiger partial charge < -0.3 is 0 Å². The van der Waals surface area contributed by atoms with E-state index in [1.54, 1.807) is 0 Å². The zero-order valence-electron chi connectivity index (χ0n) is 10.9. The number of piperidine rings is 1. The van der Waals surface area contributed by atoms with E-state index in [1.807, 2.05) is 0 Å². The number of hydrogen-bond donors (Lipinski definition) is 0. The van der Waals surface area contributed by atoms with Crippen LogP contribution < -0.4 is 0 Å². The van der Waals surface area contributed by atoms with E-state index >= 15 is 0 Å². The second-order valence-corrected chi connectivity index (χ2v) is 6.17. The minimum absolute atomic E-state index is 0.742. The fourth-order valence-corrected chi connectivity index (χ4v) is 4.17. The molecule has 2 aliphatic rings. The summed E-state index contributed by atoms with van der Waals surface area (Å²) < 4.78 is 0. The number of likely N-dealkylation sites (tertiary alicyclic amines) is 1. The molecule has 15 heavy (non-hydrogen) atoms. The van der Waals surface area contributed by atoms with Gasteiger partial charge in [-0.3, -0.25) is 4.90 Å². The minimum Gasteiger partial charge on any atom is -0.295 e. The van der Waals surface area contributed by atoms with Crippen molar-refractivity contribution in [3.8, 4) is 0 Å². The van der Waals surface area contributed by atoms with Crippen molar-refractivity contribution < 1.29 is 0 Å². The lowest BCUT2D eigenvalue weighted by Gasteiger charge is -2.51. The van der Waals surface area contributed by atoms with E-state index in [2.05, 4.69) is 32.6 Å². The molecular weight excluding hydrogens is 182 g/mol. The van der Waals surface area contributed by atoms with Crippen LogP contribution in [0.1, 0.15) is 59.8 Å². The summed E-state index contributed by atoms with van der Waals surface area (Å²) in [6.07, 6.45) is 7.25. The van der Waals surface area contributed by atoms with Crippen LogP contribution in [-0.4, -0.2) is 23.0 Å². The molecular formula is C14H27N. The quantitative estimate of drug-likeness (QED) is 0.670. The van der Waals surface area contributed by atoms with Crippen LogP contribution in [0.4, 0.5) is 0 Å². The van der Waals surface area contributed by atoms with Gasteiger partial charge in [0.05, 0.1) is 0 Å². The van der Waals surface area contributed by atoms with Crippen LogP contribution in [0.15, 0.2) is 0 Å². The predicted molar refractivity (Wildman–Crippen MR) is 66.0 cm³/mol. The highest BCUT2D eigenvalue weighted by molar-refractivity contribution is 4.94. The molecule has 1 aliphatic carbocycles. The summed E-state index contributed by atoms with van der Waals surface area (Å²) in [4.78, 5) is 2.83. The predicted octanol–water partition coefficient (Wildman–Crippen LogP) is 3.68. The van der Waals surface area contributed by atoms with E-state index in [0.29, 0.717) is 0 Å². The molecule has 0 aromatic carbocycles. The highest BCUT2D eigenvalue weighted by Gasteiger charge is 2.39. The van der Waals surface area contributed by atoms with Crippen molar-refractivity contribution in [3.05, 3.63) is 0 Å². The van der Waals surface area contributed by atoms with Gasteiger partial charge in [-0.25, -0.2) is 0 Å². The Hall–Kier alpha value is -0.0400. The summed E-state index contributed by atoms with van der Waals surface area (Å²) >= 11 is 0. The first kappa shape index (κ1) is 11.4. The van der Waals surface area contributed by atoms with Gasteiger partial charge in [0, 0.05) is 18.1 Å². The molecule has 88 valence electrons. The third kappa shape index (κ3) is 2.22. The van der Waals surface area contributed by atoms with Crippen LogP contribution >= 0.6 is 0 Å². The Morgan fingerprint density at radius 2 is 1.87 bits per heavy atom.